The van der Waals surface area contributed by atoms with Gasteiger partial charge in [0, 0.05) is 38.4 Å². The molecule has 178 valence electrons. The minimum atomic E-state index is -3.58. The molecule has 2 aliphatic heterocycles. The van der Waals surface area contributed by atoms with E-state index in [0.29, 0.717) is 25.9 Å². The number of anilines is 1. The van der Waals surface area contributed by atoms with Gasteiger partial charge in [0.05, 0.1) is 10.8 Å². The Kier molecular flexibility index (Phi) is 7.39. The van der Waals surface area contributed by atoms with Crippen LogP contribution in [0.4, 0.5) is 5.69 Å². The van der Waals surface area contributed by atoms with Crippen molar-refractivity contribution in [2.75, 3.05) is 31.1 Å². The number of nitrogens with zero attached hydrogens (tertiary/aromatic N) is 2. The average molecular weight is 470 g/mol. The van der Waals surface area contributed by atoms with E-state index in [9.17, 15) is 13.2 Å². The van der Waals surface area contributed by atoms with Crippen molar-refractivity contribution in [3.8, 4) is 0 Å². The van der Waals surface area contributed by atoms with Gasteiger partial charge in [-0.15, -0.1) is 0 Å². The second-order valence-electron chi connectivity index (χ2n) is 9.59. The van der Waals surface area contributed by atoms with Crippen molar-refractivity contribution in [2.45, 2.75) is 51.0 Å². The van der Waals surface area contributed by atoms with Gasteiger partial charge in [-0.2, -0.15) is 4.31 Å². The second kappa shape index (κ2) is 10.3. The molecule has 2 atom stereocenters. The molecule has 2 heterocycles. The molecule has 0 aliphatic carbocycles. The van der Waals surface area contributed by atoms with Crippen LogP contribution in [0.5, 0.6) is 0 Å². The molecule has 1 N–H and O–H groups in total. The molecule has 33 heavy (non-hydrogen) atoms. The lowest BCUT2D eigenvalue weighted by molar-refractivity contribution is -0.126. The van der Waals surface area contributed by atoms with Gasteiger partial charge in [0.2, 0.25) is 15.9 Å². The number of hydrogen-bond acceptors (Lipinski definition) is 4. The van der Waals surface area contributed by atoms with Crippen LogP contribution >= 0.6 is 0 Å². The van der Waals surface area contributed by atoms with Crippen LogP contribution in [0, 0.1) is 18.8 Å². The summed E-state index contributed by atoms with van der Waals surface area (Å²) in [4.78, 5) is 15.6. The highest BCUT2D eigenvalue weighted by Crippen LogP contribution is 2.25. The Morgan fingerprint density at radius 1 is 0.970 bits per heavy atom. The Morgan fingerprint density at radius 2 is 1.67 bits per heavy atom. The fourth-order valence-corrected chi connectivity index (χ4v) is 6.34. The van der Waals surface area contributed by atoms with Crippen molar-refractivity contribution < 1.29 is 13.2 Å². The van der Waals surface area contributed by atoms with E-state index in [1.165, 1.54) is 22.8 Å². The van der Waals surface area contributed by atoms with Crippen LogP contribution in [0.1, 0.15) is 43.7 Å². The zero-order valence-corrected chi connectivity index (χ0v) is 20.5. The minimum absolute atomic E-state index is 0.0762. The quantitative estimate of drug-likeness (QED) is 0.696. The molecule has 2 aromatic rings. The second-order valence-corrected chi connectivity index (χ2v) is 11.5. The van der Waals surface area contributed by atoms with Gasteiger partial charge < -0.3 is 10.2 Å². The number of hydrogen-bond donors (Lipinski definition) is 1. The summed E-state index contributed by atoms with van der Waals surface area (Å²) in [5.41, 5.74) is 3.31. The number of carbonyl (C=O) groups excluding carboxylic acids is 1. The van der Waals surface area contributed by atoms with E-state index in [1.54, 1.807) is 24.3 Å². The molecule has 2 saturated heterocycles. The Labute approximate surface area is 198 Å². The molecule has 0 radical (unpaired) electrons. The van der Waals surface area contributed by atoms with E-state index in [4.69, 9.17) is 0 Å². The zero-order chi connectivity index (χ0) is 23.4. The fourth-order valence-electron chi connectivity index (χ4n) is 4.82. The van der Waals surface area contributed by atoms with Crippen molar-refractivity contribution in [1.29, 1.82) is 0 Å². The minimum Gasteiger partial charge on any atom is -0.371 e. The number of nitrogens with one attached hydrogen (secondary N) is 1. The lowest BCUT2D eigenvalue weighted by Crippen LogP contribution is -2.45. The van der Waals surface area contributed by atoms with Crippen molar-refractivity contribution in [1.82, 2.24) is 9.62 Å². The maximum atomic E-state index is 13.0. The number of sulfonamides is 1. The molecule has 6 nitrogen and oxygen atoms in total. The molecule has 2 fully saturated rings. The molecule has 2 aliphatic rings. The maximum absolute atomic E-state index is 13.0. The normalized spacial score (nSPS) is 22.2. The van der Waals surface area contributed by atoms with Crippen LogP contribution in [0.2, 0.25) is 0 Å². The zero-order valence-electron chi connectivity index (χ0n) is 19.7. The van der Waals surface area contributed by atoms with Gasteiger partial charge in [0.15, 0.2) is 0 Å². The number of piperidine rings is 2. The first-order valence-electron chi connectivity index (χ1n) is 12.0. The van der Waals surface area contributed by atoms with Crippen LogP contribution in [-0.4, -0.2) is 44.8 Å². The molecule has 1 amide bonds. The first-order valence-corrected chi connectivity index (χ1v) is 13.5. The van der Waals surface area contributed by atoms with Crippen LogP contribution in [-0.2, 0) is 21.4 Å². The molecule has 0 spiro atoms. The third-order valence-corrected chi connectivity index (χ3v) is 8.72. The predicted octanol–water partition coefficient (Wildman–Crippen LogP) is 3.95. The molecule has 7 heteroatoms. The van der Waals surface area contributed by atoms with Gasteiger partial charge in [-0.1, -0.05) is 36.8 Å². The van der Waals surface area contributed by atoms with Crippen LogP contribution in [0.3, 0.4) is 0 Å². The molecule has 0 aromatic heterocycles. The van der Waals surface area contributed by atoms with Gasteiger partial charge in [-0.05, 0) is 68.4 Å². The Hall–Kier alpha value is -2.38. The van der Waals surface area contributed by atoms with E-state index in [1.807, 2.05) is 6.92 Å². The van der Waals surface area contributed by atoms with Crippen molar-refractivity contribution in [3.63, 3.8) is 0 Å². The summed E-state index contributed by atoms with van der Waals surface area (Å²) < 4.78 is 27.5. The molecule has 0 saturated carbocycles. The van der Waals surface area contributed by atoms with E-state index in [0.717, 1.165) is 30.1 Å². The van der Waals surface area contributed by atoms with Gasteiger partial charge in [0.1, 0.15) is 0 Å². The van der Waals surface area contributed by atoms with Gasteiger partial charge in [-0.3, -0.25) is 4.79 Å². The molecular formula is C26H35N3O3S. The molecule has 0 bridgehead atoms. The van der Waals surface area contributed by atoms with Gasteiger partial charge in [-0.25, -0.2) is 8.42 Å². The Bertz CT molecular complexity index is 1050. The Morgan fingerprint density at radius 3 is 2.36 bits per heavy atom. The van der Waals surface area contributed by atoms with E-state index >= 15 is 0 Å². The number of aryl methyl sites for hydroxylation is 1. The first kappa shape index (κ1) is 23.8. The summed E-state index contributed by atoms with van der Waals surface area (Å²) in [6, 6.07) is 15.3. The van der Waals surface area contributed by atoms with Gasteiger partial charge >= 0.3 is 0 Å². The van der Waals surface area contributed by atoms with E-state index < -0.39 is 10.0 Å². The lowest BCUT2D eigenvalue weighted by Gasteiger charge is -2.33. The summed E-state index contributed by atoms with van der Waals surface area (Å²) >= 11 is 0. The molecule has 2 aromatic carbocycles. The highest BCUT2D eigenvalue weighted by molar-refractivity contribution is 7.89. The lowest BCUT2D eigenvalue weighted by atomic mass is 9.98. The number of carbonyl (C=O) groups is 1. The van der Waals surface area contributed by atoms with E-state index in [-0.39, 0.29) is 23.3 Å². The topological polar surface area (TPSA) is 69.7 Å². The molecule has 0 unspecified atom stereocenters. The monoisotopic (exact) mass is 469 g/mol. The smallest absolute Gasteiger partial charge is 0.243 e. The van der Waals surface area contributed by atoms with Crippen molar-refractivity contribution >= 4 is 21.6 Å². The highest BCUT2D eigenvalue weighted by Gasteiger charge is 2.33. The molecule has 4 rings (SSSR count). The fraction of sp³-hybridized carbons (Fsp3) is 0.500. The van der Waals surface area contributed by atoms with Gasteiger partial charge in [0.25, 0.3) is 0 Å². The van der Waals surface area contributed by atoms with Crippen LogP contribution < -0.4 is 10.2 Å². The summed E-state index contributed by atoms with van der Waals surface area (Å²) in [5.74, 6) is 0.323. The standard InChI is InChI=1S/C26H35N3O3S/c1-20-7-13-25(14-8-20)33(31,32)29-16-4-6-23(19-29)26(30)27-17-22-9-11-24(12-10-22)28-15-3-5-21(2)18-28/h7-14,21,23H,3-6,15-19H2,1-2H3,(H,27,30)/t21-,23+/m0/s1. The maximum Gasteiger partial charge on any atom is 0.243 e. The summed E-state index contributed by atoms with van der Waals surface area (Å²) in [6.07, 6.45) is 3.92. The number of rotatable bonds is 6. The van der Waals surface area contributed by atoms with Crippen LogP contribution in [0.25, 0.3) is 0 Å². The average Bonchev–Trinajstić information content (AvgIpc) is 2.83. The first-order chi connectivity index (χ1) is 15.8. The highest BCUT2D eigenvalue weighted by atomic mass is 32.2. The number of benzene rings is 2. The number of amides is 1. The summed E-state index contributed by atoms with van der Waals surface area (Å²) in [7, 11) is -3.58. The summed E-state index contributed by atoms with van der Waals surface area (Å²) in [6.45, 7) is 7.57. The van der Waals surface area contributed by atoms with Crippen LogP contribution in [0.15, 0.2) is 53.4 Å². The van der Waals surface area contributed by atoms with Crippen molar-refractivity contribution in [2.24, 2.45) is 11.8 Å². The van der Waals surface area contributed by atoms with E-state index in [2.05, 4.69) is 41.4 Å². The van der Waals surface area contributed by atoms with Crippen molar-refractivity contribution in [3.05, 3.63) is 59.7 Å². The predicted molar refractivity (Wildman–Crippen MR) is 132 cm³/mol. The third kappa shape index (κ3) is 5.76. The largest absolute Gasteiger partial charge is 0.371 e. The molecular weight excluding hydrogens is 434 g/mol. The summed E-state index contributed by atoms with van der Waals surface area (Å²) in [5, 5.41) is 3.02. The SMILES string of the molecule is Cc1ccc(S(=O)(=O)N2CCC[C@@H](C(=O)NCc3ccc(N4CCC[C@H](C)C4)cc3)C2)cc1. The Balaban J connectivity index is 1.32. The third-order valence-electron chi connectivity index (χ3n) is 6.84.